The number of rotatable bonds is 3. The maximum absolute atomic E-state index is 11.8. The van der Waals surface area contributed by atoms with Gasteiger partial charge in [-0.25, -0.2) is 0 Å². The number of carbonyl (C=O) groups excluding carboxylic acids is 2. The van der Waals surface area contributed by atoms with Crippen LogP contribution in [0.25, 0.3) is 0 Å². The van der Waals surface area contributed by atoms with Crippen LogP contribution in [0.5, 0.6) is 0 Å². The first-order valence-electron chi connectivity index (χ1n) is 6.18. The fourth-order valence-corrected chi connectivity index (χ4v) is 2.26. The van der Waals surface area contributed by atoms with E-state index < -0.39 is 16.7 Å². The largest absolute Gasteiger partial charge is 0.318 e. The molecule has 2 aromatic carbocycles. The monoisotopic (exact) mass is 397 g/mol. The van der Waals surface area contributed by atoms with Crippen LogP contribution < -0.4 is 10.6 Å². The lowest BCUT2D eigenvalue weighted by molar-refractivity contribution is -0.384. The zero-order valence-electron chi connectivity index (χ0n) is 11.4. The number of hydrogen-bond acceptors (Lipinski definition) is 4. The minimum atomic E-state index is -0.957. The number of benzene rings is 2. The highest BCUT2D eigenvalue weighted by atomic mass is 79.9. The van der Waals surface area contributed by atoms with Crippen LogP contribution in [-0.2, 0) is 9.59 Å². The Kier molecular flexibility index (Phi) is 5.30. The molecule has 0 aromatic heterocycles. The molecule has 0 radical (unpaired) electrons. The number of hydrogen-bond donors (Lipinski definition) is 2. The van der Waals surface area contributed by atoms with Gasteiger partial charge in [0.15, 0.2) is 0 Å². The summed E-state index contributed by atoms with van der Waals surface area (Å²) < 4.78 is 0.740. The van der Waals surface area contributed by atoms with E-state index in [9.17, 15) is 19.7 Å². The second kappa shape index (κ2) is 7.21. The molecule has 0 fully saturated rings. The van der Waals surface area contributed by atoms with E-state index in [2.05, 4.69) is 26.6 Å². The Bertz CT molecular complexity index is 797. The second-order valence-corrected chi connectivity index (χ2v) is 5.66. The number of nitrogens with one attached hydrogen (secondary N) is 2. The van der Waals surface area contributed by atoms with Gasteiger partial charge in [-0.15, -0.1) is 0 Å². The third-order valence-corrected chi connectivity index (χ3v) is 3.50. The van der Waals surface area contributed by atoms with Crippen LogP contribution in [0.1, 0.15) is 0 Å². The van der Waals surface area contributed by atoms with Crippen molar-refractivity contribution in [1.82, 2.24) is 0 Å². The van der Waals surface area contributed by atoms with E-state index >= 15 is 0 Å². The first kappa shape index (κ1) is 16.9. The summed E-state index contributed by atoms with van der Waals surface area (Å²) in [5.41, 5.74) is 0.161. The van der Waals surface area contributed by atoms with Gasteiger partial charge < -0.3 is 10.6 Å². The lowest BCUT2D eigenvalue weighted by Crippen LogP contribution is -2.29. The number of halogens is 2. The van der Waals surface area contributed by atoms with E-state index in [1.807, 2.05) is 0 Å². The molecule has 118 valence electrons. The van der Waals surface area contributed by atoms with Crippen LogP contribution >= 0.6 is 27.5 Å². The zero-order chi connectivity index (χ0) is 17.0. The van der Waals surface area contributed by atoms with Crippen LogP contribution in [0.2, 0.25) is 5.02 Å². The molecule has 0 saturated carbocycles. The van der Waals surface area contributed by atoms with Gasteiger partial charge in [-0.05, 0) is 30.3 Å². The number of nitrogens with zero attached hydrogens (tertiary/aromatic N) is 1. The molecule has 2 N–H and O–H groups in total. The Balaban J connectivity index is 2.08. The predicted octanol–water partition coefficient (Wildman–Crippen LogP) is 3.59. The number of anilines is 2. The van der Waals surface area contributed by atoms with E-state index in [4.69, 9.17) is 11.6 Å². The third-order valence-electron chi connectivity index (χ3n) is 2.69. The summed E-state index contributed by atoms with van der Waals surface area (Å²) in [6.45, 7) is 0. The van der Waals surface area contributed by atoms with Crippen LogP contribution in [0.3, 0.4) is 0 Å². The van der Waals surface area contributed by atoms with Gasteiger partial charge in [0.2, 0.25) is 0 Å². The summed E-state index contributed by atoms with van der Waals surface area (Å²) in [5.74, 6) is -1.86. The minimum Gasteiger partial charge on any atom is -0.318 e. The number of nitro benzene ring substituents is 1. The average Bonchev–Trinajstić information content (AvgIpc) is 2.48. The highest BCUT2D eigenvalue weighted by Crippen LogP contribution is 2.27. The van der Waals surface area contributed by atoms with Gasteiger partial charge in [-0.3, -0.25) is 19.7 Å². The molecule has 0 saturated heterocycles. The Morgan fingerprint density at radius 1 is 1.04 bits per heavy atom. The van der Waals surface area contributed by atoms with Crippen molar-refractivity contribution in [3.05, 3.63) is 62.1 Å². The highest BCUT2D eigenvalue weighted by molar-refractivity contribution is 9.10. The van der Waals surface area contributed by atoms with E-state index in [-0.39, 0.29) is 16.4 Å². The molecule has 0 unspecified atom stereocenters. The van der Waals surface area contributed by atoms with Gasteiger partial charge in [0, 0.05) is 21.9 Å². The molecular weight excluding hydrogens is 390 g/mol. The quantitative estimate of drug-likeness (QED) is 0.468. The lowest BCUT2D eigenvalue weighted by Gasteiger charge is -2.07. The van der Waals surface area contributed by atoms with Gasteiger partial charge in [-0.1, -0.05) is 33.6 Å². The first-order valence-corrected chi connectivity index (χ1v) is 7.36. The van der Waals surface area contributed by atoms with Crippen molar-refractivity contribution in [1.29, 1.82) is 0 Å². The van der Waals surface area contributed by atoms with Crippen molar-refractivity contribution < 1.29 is 14.5 Å². The molecule has 9 heteroatoms. The van der Waals surface area contributed by atoms with Gasteiger partial charge in [0.1, 0.15) is 5.02 Å². The molecule has 0 atom stereocenters. The molecule has 0 spiro atoms. The summed E-state index contributed by atoms with van der Waals surface area (Å²) in [7, 11) is 0. The molecule has 23 heavy (non-hydrogen) atoms. The lowest BCUT2D eigenvalue weighted by atomic mass is 10.2. The minimum absolute atomic E-state index is 0.0633. The van der Waals surface area contributed by atoms with Gasteiger partial charge in [-0.2, -0.15) is 0 Å². The van der Waals surface area contributed by atoms with Crippen LogP contribution in [0.4, 0.5) is 17.1 Å². The van der Waals surface area contributed by atoms with Crippen LogP contribution in [0, 0.1) is 10.1 Å². The van der Waals surface area contributed by atoms with Crippen molar-refractivity contribution in [3.8, 4) is 0 Å². The number of nitro groups is 1. The normalized spacial score (nSPS) is 10.0. The molecule has 7 nitrogen and oxygen atoms in total. The van der Waals surface area contributed by atoms with Gasteiger partial charge >= 0.3 is 11.8 Å². The highest BCUT2D eigenvalue weighted by Gasteiger charge is 2.17. The molecule has 0 heterocycles. The molecule has 2 aromatic rings. The van der Waals surface area contributed by atoms with Gasteiger partial charge in [0.25, 0.3) is 5.69 Å². The Labute approximate surface area is 143 Å². The standard InChI is InChI=1S/C14H9BrClN3O4/c15-8-2-1-3-9(6-8)17-13(20)14(21)18-10-4-5-11(16)12(7-10)19(22)23/h1-7H,(H,17,20)(H,18,21). The van der Waals surface area contributed by atoms with Crippen molar-refractivity contribution >= 4 is 56.4 Å². The van der Waals surface area contributed by atoms with Crippen LogP contribution in [0.15, 0.2) is 46.9 Å². The summed E-state index contributed by atoms with van der Waals surface area (Å²) in [5, 5.41) is 15.4. The Morgan fingerprint density at radius 2 is 1.65 bits per heavy atom. The molecular formula is C14H9BrClN3O4. The van der Waals surface area contributed by atoms with E-state index in [0.717, 1.165) is 10.5 Å². The first-order chi connectivity index (χ1) is 10.9. The fourth-order valence-electron chi connectivity index (χ4n) is 1.67. The van der Waals surface area contributed by atoms with Crippen molar-refractivity contribution in [2.24, 2.45) is 0 Å². The molecule has 0 aliphatic carbocycles. The zero-order valence-corrected chi connectivity index (χ0v) is 13.7. The SMILES string of the molecule is O=C(Nc1cccc(Br)c1)C(=O)Nc1ccc(Cl)c([N+](=O)[O-])c1. The summed E-state index contributed by atoms with van der Waals surface area (Å²) in [6.07, 6.45) is 0. The summed E-state index contributed by atoms with van der Waals surface area (Å²) in [4.78, 5) is 33.8. The van der Waals surface area contributed by atoms with Gasteiger partial charge in [0.05, 0.1) is 4.92 Å². The van der Waals surface area contributed by atoms with E-state index in [0.29, 0.717) is 5.69 Å². The van der Waals surface area contributed by atoms with Crippen molar-refractivity contribution in [2.45, 2.75) is 0 Å². The molecule has 0 aliphatic rings. The van der Waals surface area contributed by atoms with Crippen molar-refractivity contribution in [3.63, 3.8) is 0 Å². The average molecular weight is 399 g/mol. The van der Waals surface area contributed by atoms with Crippen molar-refractivity contribution in [2.75, 3.05) is 10.6 Å². The van der Waals surface area contributed by atoms with E-state index in [1.54, 1.807) is 24.3 Å². The Hall–Kier alpha value is -2.45. The third kappa shape index (κ3) is 4.51. The second-order valence-electron chi connectivity index (χ2n) is 4.34. The number of amides is 2. The fraction of sp³-hybridized carbons (Fsp3) is 0. The molecule has 2 rings (SSSR count). The maximum Gasteiger partial charge on any atom is 0.314 e. The number of carbonyl (C=O) groups is 2. The van der Waals surface area contributed by atoms with E-state index in [1.165, 1.54) is 12.1 Å². The smallest absolute Gasteiger partial charge is 0.314 e. The topological polar surface area (TPSA) is 101 Å². The molecule has 0 bridgehead atoms. The molecule has 0 aliphatic heterocycles. The summed E-state index contributed by atoms with van der Waals surface area (Å²) >= 11 is 8.92. The predicted molar refractivity (Wildman–Crippen MR) is 89.5 cm³/mol. The summed E-state index contributed by atoms with van der Waals surface area (Å²) in [6, 6.07) is 10.4. The maximum atomic E-state index is 11.8. The van der Waals surface area contributed by atoms with Crippen LogP contribution in [-0.4, -0.2) is 16.7 Å². The Morgan fingerprint density at radius 3 is 2.22 bits per heavy atom. The molecule has 2 amide bonds.